The van der Waals surface area contributed by atoms with Crippen molar-refractivity contribution in [2.24, 2.45) is 0 Å². The second kappa shape index (κ2) is 8.25. The molecule has 0 fully saturated rings. The summed E-state index contributed by atoms with van der Waals surface area (Å²) in [4.78, 5) is 0.137. The summed E-state index contributed by atoms with van der Waals surface area (Å²) < 4.78 is 39.3. The van der Waals surface area contributed by atoms with Crippen molar-refractivity contribution in [2.75, 3.05) is 17.9 Å². The van der Waals surface area contributed by atoms with Gasteiger partial charge in [-0.05, 0) is 43.5 Å². The van der Waals surface area contributed by atoms with Gasteiger partial charge in [-0.1, -0.05) is 32.0 Å². The van der Waals surface area contributed by atoms with Crippen LogP contribution in [0.4, 0.5) is 5.69 Å². The van der Waals surface area contributed by atoms with Gasteiger partial charge in [0.15, 0.2) is 11.5 Å². The zero-order valence-electron chi connectivity index (χ0n) is 15.1. The number of para-hydroxylation sites is 1. The third-order valence-corrected chi connectivity index (χ3v) is 5.02. The molecule has 25 heavy (non-hydrogen) atoms. The molecule has 6 heteroatoms. The predicted molar refractivity (Wildman–Crippen MR) is 100 cm³/mol. The molecule has 0 atom stereocenters. The first kappa shape index (κ1) is 19.1. The smallest absolute Gasteiger partial charge is 0.262 e. The van der Waals surface area contributed by atoms with Gasteiger partial charge in [-0.3, -0.25) is 4.72 Å². The molecule has 2 rings (SSSR count). The number of nitrogens with one attached hydrogen (secondary N) is 1. The number of rotatable bonds is 8. The molecule has 0 heterocycles. The van der Waals surface area contributed by atoms with Crippen molar-refractivity contribution in [2.45, 2.75) is 38.5 Å². The Labute approximate surface area is 150 Å². The number of benzene rings is 2. The van der Waals surface area contributed by atoms with Gasteiger partial charge < -0.3 is 9.47 Å². The van der Waals surface area contributed by atoms with Gasteiger partial charge in [0.25, 0.3) is 10.0 Å². The van der Waals surface area contributed by atoms with E-state index in [4.69, 9.17) is 9.47 Å². The standard InChI is InChI=1S/C19H25NO4S/c1-5-23-18-12-11-15(13-19(18)24-6-2)25(21,22)20-17-10-8-7-9-16(17)14(3)4/h7-14,20H,5-6H2,1-4H3. The molecular formula is C19H25NO4S. The topological polar surface area (TPSA) is 64.6 Å². The van der Waals surface area contributed by atoms with Crippen LogP contribution in [0.2, 0.25) is 0 Å². The summed E-state index contributed by atoms with van der Waals surface area (Å²) in [6.45, 7) is 8.66. The Hall–Kier alpha value is -2.21. The molecule has 0 amide bonds. The highest BCUT2D eigenvalue weighted by molar-refractivity contribution is 7.92. The van der Waals surface area contributed by atoms with Crippen LogP contribution >= 0.6 is 0 Å². The monoisotopic (exact) mass is 363 g/mol. The van der Waals surface area contributed by atoms with Crippen LogP contribution in [0.5, 0.6) is 11.5 Å². The second-order valence-electron chi connectivity index (χ2n) is 5.82. The fourth-order valence-electron chi connectivity index (χ4n) is 2.50. The largest absolute Gasteiger partial charge is 0.490 e. The molecule has 5 nitrogen and oxygen atoms in total. The number of anilines is 1. The number of hydrogen-bond donors (Lipinski definition) is 1. The summed E-state index contributed by atoms with van der Waals surface area (Å²) in [6.07, 6.45) is 0. The first-order valence-corrected chi connectivity index (χ1v) is 9.88. The van der Waals surface area contributed by atoms with E-state index in [1.807, 2.05) is 45.9 Å². The van der Waals surface area contributed by atoms with Crippen LogP contribution in [-0.4, -0.2) is 21.6 Å². The normalized spacial score (nSPS) is 11.4. The highest BCUT2D eigenvalue weighted by atomic mass is 32.2. The highest BCUT2D eigenvalue weighted by Crippen LogP contribution is 2.32. The lowest BCUT2D eigenvalue weighted by Gasteiger charge is -2.16. The Morgan fingerprint density at radius 1 is 0.960 bits per heavy atom. The Morgan fingerprint density at radius 2 is 1.60 bits per heavy atom. The van der Waals surface area contributed by atoms with Crippen molar-refractivity contribution in [1.29, 1.82) is 0 Å². The maximum Gasteiger partial charge on any atom is 0.262 e. The molecule has 0 spiro atoms. The number of ether oxygens (including phenoxy) is 2. The lowest BCUT2D eigenvalue weighted by atomic mass is 10.0. The van der Waals surface area contributed by atoms with E-state index in [1.54, 1.807) is 12.1 Å². The van der Waals surface area contributed by atoms with Crippen molar-refractivity contribution in [3.05, 3.63) is 48.0 Å². The summed E-state index contributed by atoms with van der Waals surface area (Å²) in [5.74, 6) is 1.16. The molecular weight excluding hydrogens is 338 g/mol. The minimum Gasteiger partial charge on any atom is -0.490 e. The minimum absolute atomic E-state index is 0.137. The van der Waals surface area contributed by atoms with E-state index in [2.05, 4.69) is 4.72 Å². The molecule has 0 aromatic heterocycles. The van der Waals surface area contributed by atoms with Crippen LogP contribution in [0.15, 0.2) is 47.4 Å². The average molecular weight is 363 g/mol. The van der Waals surface area contributed by atoms with E-state index in [1.165, 1.54) is 12.1 Å². The van der Waals surface area contributed by atoms with Gasteiger partial charge in [-0.15, -0.1) is 0 Å². The summed E-state index contributed by atoms with van der Waals surface area (Å²) >= 11 is 0. The van der Waals surface area contributed by atoms with Crippen LogP contribution in [0.3, 0.4) is 0 Å². The first-order chi connectivity index (χ1) is 11.9. The summed E-state index contributed by atoms with van der Waals surface area (Å²) in [5, 5.41) is 0. The molecule has 0 aliphatic rings. The maximum atomic E-state index is 12.8. The van der Waals surface area contributed by atoms with Crippen molar-refractivity contribution >= 4 is 15.7 Å². The molecule has 136 valence electrons. The molecule has 0 bridgehead atoms. The van der Waals surface area contributed by atoms with Gasteiger partial charge in [0.1, 0.15) is 0 Å². The van der Waals surface area contributed by atoms with E-state index in [9.17, 15) is 8.42 Å². The van der Waals surface area contributed by atoms with Gasteiger partial charge in [0.05, 0.1) is 23.8 Å². The highest BCUT2D eigenvalue weighted by Gasteiger charge is 2.19. The van der Waals surface area contributed by atoms with Crippen LogP contribution in [0.25, 0.3) is 0 Å². The van der Waals surface area contributed by atoms with Crippen molar-refractivity contribution in [3.63, 3.8) is 0 Å². The third kappa shape index (κ3) is 4.66. The van der Waals surface area contributed by atoms with Crippen LogP contribution in [0, 0.1) is 0 Å². The van der Waals surface area contributed by atoms with Crippen molar-refractivity contribution < 1.29 is 17.9 Å². The lowest BCUT2D eigenvalue weighted by molar-refractivity contribution is 0.287. The Balaban J connectivity index is 2.38. The Morgan fingerprint density at radius 3 is 2.24 bits per heavy atom. The van der Waals surface area contributed by atoms with E-state index in [0.29, 0.717) is 30.4 Å². The first-order valence-electron chi connectivity index (χ1n) is 8.40. The number of sulfonamides is 1. The molecule has 0 aliphatic carbocycles. The zero-order valence-corrected chi connectivity index (χ0v) is 15.9. The Bertz CT molecular complexity index is 816. The lowest BCUT2D eigenvalue weighted by Crippen LogP contribution is -2.15. The van der Waals surface area contributed by atoms with Gasteiger partial charge in [0, 0.05) is 6.07 Å². The fourth-order valence-corrected chi connectivity index (χ4v) is 3.60. The average Bonchev–Trinajstić information content (AvgIpc) is 2.56. The molecule has 0 saturated carbocycles. The van der Waals surface area contributed by atoms with E-state index < -0.39 is 10.0 Å². The SMILES string of the molecule is CCOc1ccc(S(=O)(=O)Nc2ccccc2C(C)C)cc1OCC. The van der Waals surface area contributed by atoms with Crippen LogP contribution in [0.1, 0.15) is 39.2 Å². The van der Waals surface area contributed by atoms with Gasteiger partial charge >= 0.3 is 0 Å². The van der Waals surface area contributed by atoms with E-state index >= 15 is 0 Å². The van der Waals surface area contributed by atoms with Crippen molar-refractivity contribution in [1.82, 2.24) is 0 Å². The van der Waals surface area contributed by atoms with Gasteiger partial charge in [-0.25, -0.2) is 8.42 Å². The van der Waals surface area contributed by atoms with E-state index in [-0.39, 0.29) is 10.8 Å². The molecule has 2 aromatic carbocycles. The zero-order chi connectivity index (χ0) is 18.4. The van der Waals surface area contributed by atoms with Crippen molar-refractivity contribution in [3.8, 4) is 11.5 Å². The second-order valence-corrected chi connectivity index (χ2v) is 7.50. The molecule has 0 saturated heterocycles. The molecule has 2 aromatic rings. The third-order valence-electron chi connectivity index (χ3n) is 3.65. The quantitative estimate of drug-likeness (QED) is 0.754. The molecule has 1 N–H and O–H groups in total. The summed E-state index contributed by atoms with van der Waals surface area (Å²) in [5.41, 5.74) is 1.53. The summed E-state index contributed by atoms with van der Waals surface area (Å²) in [6, 6.07) is 12.0. The maximum absolute atomic E-state index is 12.8. The van der Waals surface area contributed by atoms with Gasteiger partial charge in [-0.2, -0.15) is 0 Å². The van der Waals surface area contributed by atoms with Gasteiger partial charge in [0.2, 0.25) is 0 Å². The Kier molecular flexibility index (Phi) is 6.31. The summed E-state index contributed by atoms with van der Waals surface area (Å²) in [7, 11) is -3.73. The molecule has 0 unspecified atom stereocenters. The fraction of sp³-hybridized carbons (Fsp3) is 0.368. The minimum atomic E-state index is -3.73. The van der Waals surface area contributed by atoms with Crippen LogP contribution in [-0.2, 0) is 10.0 Å². The molecule has 0 aliphatic heterocycles. The predicted octanol–water partition coefficient (Wildman–Crippen LogP) is 4.41. The molecule has 0 radical (unpaired) electrons. The van der Waals surface area contributed by atoms with Crippen LogP contribution < -0.4 is 14.2 Å². The van der Waals surface area contributed by atoms with E-state index in [0.717, 1.165) is 5.56 Å². The number of hydrogen-bond acceptors (Lipinski definition) is 4.